The minimum absolute atomic E-state index is 0.171. The lowest BCUT2D eigenvalue weighted by molar-refractivity contribution is 0.145. The quantitative estimate of drug-likeness (QED) is 0.881. The maximum Gasteiger partial charge on any atom is 0.225 e. The third-order valence-electron chi connectivity index (χ3n) is 6.03. The van der Waals surface area contributed by atoms with Gasteiger partial charge < -0.3 is 15.3 Å². The van der Waals surface area contributed by atoms with E-state index in [0.717, 1.165) is 50.5 Å². The Kier molecular flexibility index (Phi) is 3.54. The number of fused-ring (bicyclic) bond motifs is 2. The van der Waals surface area contributed by atoms with E-state index in [1.807, 2.05) is 12.4 Å². The third-order valence-corrected chi connectivity index (χ3v) is 6.03. The van der Waals surface area contributed by atoms with Gasteiger partial charge in [0.15, 0.2) is 0 Å². The fraction of sp³-hybridized carbons (Fsp3) is 0.500. The first-order chi connectivity index (χ1) is 12.2. The largest absolute Gasteiger partial charge is 0.393 e. The minimum atomic E-state index is -0.171. The number of rotatable bonds is 2. The number of aliphatic hydroxyl groups excluding tert-OH is 1. The van der Waals surface area contributed by atoms with Crippen LogP contribution in [0.3, 0.4) is 0 Å². The van der Waals surface area contributed by atoms with E-state index in [-0.39, 0.29) is 6.10 Å². The number of nitrogens with one attached hydrogen (secondary N) is 1. The van der Waals surface area contributed by atoms with Crippen LogP contribution in [-0.2, 0) is 12.0 Å². The van der Waals surface area contributed by atoms with Gasteiger partial charge in [-0.25, -0.2) is 9.97 Å². The molecule has 1 aromatic carbocycles. The molecule has 5 rings (SSSR count). The zero-order chi connectivity index (χ0) is 16.9. The Balaban J connectivity index is 1.41. The average Bonchev–Trinajstić information content (AvgIpc) is 3.43. The molecule has 2 N–H and O–H groups in total. The summed E-state index contributed by atoms with van der Waals surface area (Å²) in [5.74, 6) is 0.775. The normalized spacial score (nSPS) is 22.0. The zero-order valence-electron chi connectivity index (χ0n) is 14.4. The predicted molar refractivity (Wildman–Crippen MR) is 97.5 cm³/mol. The molecule has 0 unspecified atom stereocenters. The molecule has 25 heavy (non-hydrogen) atoms. The molecule has 1 saturated heterocycles. The topological polar surface area (TPSA) is 61.3 Å². The lowest BCUT2D eigenvalue weighted by Crippen LogP contribution is -2.36. The number of hydrogen-bond donors (Lipinski definition) is 2. The van der Waals surface area contributed by atoms with Crippen LogP contribution in [0.4, 0.5) is 5.95 Å². The Morgan fingerprint density at radius 2 is 1.84 bits per heavy atom. The third kappa shape index (κ3) is 2.71. The molecule has 130 valence electrons. The van der Waals surface area contributed by atoms with Gasteiger partial charge in [-0.3, -0.25) is 0 Å². The van der Waals surface area contributed by atoms with E-state index in [0.29, 0.717) is 5.41 Å². The molecule has 1 aliphatic carbocycles. The Morgan fingerprint density at radius 3 is 2.56 bits per heavy atom. The molecule has 1 aromatic heterocycles. The second kappa shape index (κ2) is 5.78. The molecule has 1 saturated carbocycles. The van der Waals surface area contributed by atoms with Crippen LogP contribution in [0.1, 0.15) is 36.8 Å². The van der Waals surface area contributed by atoms with Crippen molar-refractivity contribution in [1.29, 1.82) is 0 Å². The van der Waals surface area contributed by atoms with Gasteiger partial charge in [-0.1, -0.05) is 18.2 Å². The van der Waals surface area contributed by atoms with Crippen LogP contribution in [0.2, 0.25) is 0 Å². The molecule has 0 bridgehead atoms. The Labute approximate surface area is 148 Å². The highest BCUT2D eigenvalue weighted by Crippen LogP contribution is 2.51. The van der Waals surface area contributed by atoms with Gasteiger partial charge in [-0.15, -0.1) is 0 Å². The van der Waals surface area contributed by atoms with Gasteiger partial charge in [0.2, 0.25) is 5.95 Å². The molecule has 3 heterocycles. The summed E-state index contributed by atoms with van der Waals surface area (Å²) in [7, 11) is 0. The highest BCUT2D eigenvalue weighted by Gasteiger charge is 2.46. The molecular weight excluding hydrogens is 312 g/mol. The standard InChI is InChI=1S/C20H24N4O/c25-17-3-7-24(8-4-17)19-22-11-16(12-23-19)14-1-2-15-10-21-13-20(5-6-20)18(15)9-14/h1-2,9,11-12,17,21,25H,3-8,10,13H2. The van der Waals surface area contributed by atoms with E-state index in [2.05, 4.69) is 38.4 Å². The smallest absolute Gasteiger partial charge is 0.225 e. The van der Waals surface area contributed by atoms with Crippen LogP contribution in [0.25, 0.3) is 11.1 Å². The first-order valence-electron chi connectivity index (χ1n) is 9.33. The van der Waals surface area contributed by atoms with Crippen LogP contribution in [0, 0.1) is 0 Å². The fourth-order valence-corrected chi connectivity index (χ4v) is 4.23. The molecular formula is C20H24N4O. The zero-order valence-corrected chi connectivity index (χ0v) is 14.4. The Bertz CT molecular complexity index is 777. The molecule has 3 aliphatic rings. The molecule has 2 aliphatic heterocycles. The van der Waals surface area contributed by atoms with Gasteiger partial charge in [0, 0.05) is 49.6 Å². The van der Waals surface area contributed by atoms with Crippen molar-refractivity contribution < 1.29 is 5.11 Å². The summed E-state index contributed by atoms with van der Waals surface area (Å²) in [4.78, 5) is 11.3. The number of hydrogen-bond acceptors (Lipinski definition) is 5. The van der Waals surface area contributed by atoms with Crippen LogP contribution in [0.5, 0.6) is 0 Å². The minimum Gasteiger partial charge on any atom is -0.393 e. The van der Waals surface area contributed by atoms with E-state index in [9.17, 15) is 5.11 Å². The molecule has 2 aromatic rings. The maximum absolute atomic E-state index is 9.64. The van der Waals surface area contributed by atoms with Crippen molar-refractivity contribution in [3.63, 3.8) is 0 Å². The van der Waals surface area contributed by atoms with Crippen molar-refractivity contribution in [3.8, 4) is 11.1 Å². The van der Waals surface area contributed by atoms with E-state index >= 15 is 0 Å². The number of nitrogens with zero attached hydrogens (tertiary/aromatic N) is 3. The van der Waals surface area contributed by atoms with Crippen molar-refractivity contribution in [2.45, 2.75) is 43.7 Å². The summed E-state index contributed by atoms with van der Waals surface area (Å²) < 4.78 is 0. The number of benzene rings is 1. The molecule has 5 nitrogen and oxygen atoms in total. The van der Waals surface area contributed by atoms with Gasteiger partial charge >= 0.3 is 0 Å². The summed E-state index contributed by atoms with van der Waals surface area (Å²) in [6.07, 6.45) is 7.90. The first-order valence-corrected chi connectivity index (χ1v) is 9.33. The van der Waals surface area contributed by atoms with Gasteiger partial charge in [-0.2, -0.15) is 0 Å². The SMILES string of the molecule is OC1CCN(c2ncc(-c3ccc4c(c3)C3(CC3)CNC4)cn2)CC1. The summed E-state index contributed by atoms with van der Waals surface area (Å²) in [5, 5.41) is 13.2. The van der Waals surface area contributed by atoms with E-state index in [4.69, 9.17) is 0 Å². The highest BCUT2D eigenvalue weighted by atomic mass is 16.3. The van der Waals surface area contributed by atoms with Gasteiger partial charge in [0.05, 0.1) is 6.10 Å². The molecule has 2 fully saturated rings. The molecule has 0 radical (unpaired) electrons. The summed E-state index contributed by atoms with van der Waals surface area (Å²) in [5.41, 5.74) is 5.65. The Hall–Kier alpha value is -1.98. The number of anilines is 1. The molecule has 1 spiro atoms. The van der Waals surface area contributed by atoms with Gasteiger partial charge in [-0.05, 0) is 42.4 Å². The molecule has 0 atom stereocenters. The van der Waals surface area contributed by atoms with Crippen LogP contribution >= 0.6 is 0 Å². The fourth-order valence-electron chi connectivity index (χ4n) is 4.23. The number of aromatic nitrogens is 2. The number of piperidine rings is 1. The van der Waals surface area contributed by atoms with Crippen molar-refractivity contribution in [3.05, 3.63) is 41.7 Å². The van der Waals surface area contributed by atoms with Crippen molar-refractivity contribution in [1.82, 2.24) is 15.3 Å². The van der Waals surface area contributed by atoms with E-state index < -0.39 is 0 Å². The van der Waals surface area contributed by atoms with Crippen molar-refractivity contribution in [2.75, 3.05) is 24.5 Å². The first kappa shape index (κ1) is 15.3. The highest BCUT2D eigenvalue weighted by molar-refractivity contribution is 5.65. The van der Waals surface area contributed by atoms with Gasteiger partial charge in [0.1, 0.15) is 0 Å². The monoisotopic (exact) mass is 336 g/mol. The van der Waals surface area contributed by atoms with Crippen molar-refractivity contribution in [2.24, 2.45) is 0 Å². The van der Waals surface area contributed by atoms with Crippen LogP contribution < -0.4 is 10.2 Å². The second-order valence-electron chi connectivity index (χ2n) is 7.75. The Morgan fingerprint density at radius 1 is 1.08 bits per heavy atom. The predicted octanol–water partition coefficient (Wildman–Crippen LogP) is 2.24. The lowest BCUT2D eigenvalue weighted by atomic mass is 9.86. The van der Waals surface area contributed by atoms with E-state index in [1.54, 1.807) is 0 Å². The maximum atomic E-state index is 9.64. The average molecular weight is 336 g/mol. The molecule has 5 heteroatoms. The van der Waals surface area contributed by atoms with Gasteiger partial charge in [0.25, 0.3) is 0 Å². The number of aliphatic hydroxyl groups is 1. The van der Waals surface area contributed by atoms with Crippen LogP contribution in [0.15, 0.2) is 30.6 Å². The van der Waals surface area contributed by atoms with Crippen LogP contribution in [-0.4, -0.2) is 40.8 Å². The summed E-state index contributed by atoms with van der Waals surface area (Å²) in [6.45, 7) is 3.75. The summed E-state index contributed by atoms with van der Waals surface area (Å²) in [6, 6.07) is 6.81. The lowest BCUT2D eigenvalue weighted by Gasteiger charge is -2.29. The van der Waals surface area contributed by atoms with Crippen molar-refractivity contribution >= 4 is 5.95 Å². The second-order valence-corrected chi connectivity index (χ2v) is 7.75. The summed E-state index contributed by atoms with van der Waals surface area (Å²) >= 11 is 0. The van der Waals surface area contributed by atoms with E-state index in [1.165, 1.54) is 29.5 Å². The molecule has 0 amide bonds.